The van der Waals surface area contributed by atoms with E-state index in [2.05, 4.69) is 10.2 Å². The fourth-order valence-electron chi connectivity index (χ4n) is 3.25. The zero-order valence-electron chi connectivity index (χ0n) is 17.8. The number of nitrogens with two attached hydrogens (primary N) is 1. The first-order chi connectivity index (χ1) is 16.1. The Hall–Kier alpha value is -3.37. The van der Waals surface area contributed by atoms with Crippen molar-refractivity contribution >= 4 is 34.9 Å². The molecule has 0 bridgehead atoms. The first kappa shape index (κ1) is 22.8. The summed E-state index contributed by atoms with van der Waals surface area (Å²) in [6.45, 7) is 1.19. The molecule has 3 heterocycles. The van der Waals surface area contributed by atoms with E-state index in [1.807, 2.05) is 64.5 Å². The first-order valence-corrected chi connectivity index (χ1v) is 12.2. The van der Waals surface area contributed by atoms with E-state index < -0.39 is 5.91 Å². The van der Waals surface area contributed by atoms with E-state index >= 15 is 0 Å². The van der Waals surface area contributed by atoms with Gasteiger partial charge in [-0.1, -0.05) is 48.2 Å². The number of amides is 2. The molecule has 0 aliphatic heterocycles. The Bertz CT molecular complexity index is 1170. The number of thiophene rings is 1. The van der Waals surface area contributed by atoms with Crippen molar-refractivity contribution in [1.29, 1.82) is 0 Å². The Balaban J connectivity index is 1.49. The lowest BCUT2D eigenvalue weighted by Gasteiger charge is -2.22. The number of furan rings is 1. The van der Waals surface area contributed by atoms with Gasteiger partial charge in [0.1, 0.15) is 5.76 Å². The van der Waals surface area contributed by atoms with Crippen LogP contribution in [0.4, 0.5) is 0 Å². The van der Waals surface area contributed by atoms with Crippen molar-refractivity contribution in [2.45, 2.75) is 31.2 Å². The van der Waals surface area contributed by atoms with E-state index in [9.17, 15) is 9.59 Å². The molecule has 0 aliphatic carbocycles. The van der Waals surface area contributed by atoms with Gasteiger partial charge in [0.2, 0.25) is 11.8 Å². The van der Waals surface area contributed by atoms with Gasteiger partial charge in [-0.25, -0.2) is 0 Å². The minimum atomic E-state index is -0.402. The minimum absolute atomic E-state index is 0.0534. The number of carbonyl (C=O) groups is 2. The number of hydrogen-bond acceptors (Lipinski definition) is 7. The third-order valence-electron chi connectivity index (χ3n) is 4.86. The van der Waals surface area contributed by atoms with Crippen LogP contribution >= 0.6 is 23.1 Å². The molecular weight excluding hydrogens is 458 g/mol. The molecule has 0 saturated heterocycles. The maximum Gasteiger partial charge on any atom is 0.233 e. The molecular formula is C23H23N5O3S2. The maximum atomic E-state index is 13.2. The molecule has 4 aromatic rings. The average molecular weight is 482 g/mol. The summed E-state index contributed by atoms with van der Waals surface area (Å²) in [5.74, 6) is 1.10. The van der Waals surface area contributed by atoms with Gasteiger partial charge in [-0.2, -0.15) is 0 Å². The van der Waals surface area contributed by atoms with Crippen molar-refractivity contribution in [2.75, 3.05) is 5.75 Å². The van der Waals surface area contributed by atoms with Crippen LogP contribution in [-0.4, -0.2) is 37.2 Å². The van der Waals surface area contributed by atoms with Gasteiger partial charge in [0, 0.05) is 19.5 Å². The molecule has 3 aromatic heterocycles. The fourth-order valence-corrected chi connectivity index (χ4v) is 4.84. The van der Waals surface area contributed by atoms with E-state index in [1.54, 1.807) is 11.2 Å². The number of benzene rings is 1. The topological polar surface area (TPSA) is 107 Å². The van der Waals surface area contributed by atoms with Crippen molar-refractivity contribution < 1.29 is 14.0 Å². The second kappa shape index (κ2) is 11.0. The first-order valence-electron chi connectivity index (χ1n) is 10.3. The highest BCUT2D eigenvalue weighted by atomic mass is 32.2. The van der Waals surface area contributed by atoms with E-state index in [-0.39, 0.29) is 18.1 Å². The summed E-state index contributed by atoms with van der Waals surface area (Å²) in [4.78, 5) is 27.3. The lowest BCUT2D eigenvalue weighted by molar-refractivity contribution is -0.129. The van der Waals surface area contributed by atoms with Crippen molar-refractivity contribution in [2.24, 2.45) is 5.73 Å². The Labute approximate surface area is 199 Å². The summed E-state index contributed by atoms with van der Waals surface area (Å²) in [5, 5.41) is 11.1. The van der Waals surface area contributed by atoms with E-state index in [0.29, 0.717) is 36.4 Å². The molecule has 4 rings (SSSR count). The van der Waals surface area contributed by atoms with Gasteiger partial charge in [-0.05, 0) is 29.1 Å². The molecule has 2 amide bonds. The summed E-state index contributed by atoms with van der Waals surface area (Å²) < 4.78 is 7.31. The molecule has 0 spiro atoms. The third kappa shape index (κ3) is 6.11. The SMILES string of the molecule is NC(=O)CCn1c(SCC(=O)N(Cc2ccccc2)Cc2ccco2)nnc1-c1cccs1. The second-order valence-corrected chi connectivity index (χ2v) is 9.15. The molecule has 0 fully saturated rings. The van der Waals surface area contributed by atoms with Crippen LogP contribution in [0, 0.1) is 0 Å². The van der Waals surface area contributed by atoms with E-state index in [4.69, 9.17) is 10.2 Å². The smallest absolute Gasteiger partial charge is 0.233 e. The van der Waals surface area contributed by atoms with Crippen molar-refractivity contribution in [1.82, 2.24) is 19.7 Å². The number of primary amides is 1. The van der Waals surface area contributed by atoms with Gasteiger partial charge in [-0.15, -0.1) is 21.5 Å². The summed E-state index contributed by atoms with van der Waals surface area (Å²) in [7, 11) is 0. The number of carbonyl (C=O) groups excluding carboxylic acids is 2. The third-order valence-corrected chi connectivity index (χ3v) is 6.68. The van der Waals surface area contributed by atoms with Gasteiger partial charge >= 0.3 is 0 Å². The molecule has 170 valence electrons. The van der Waals surface area contributed by atoms with Crippen LogP contribution in [0.15, 0.2) is 75.8 Å². The summed E-state index contributed by atoms with van der Waals surface area (Å²) in [6, 6.07) is 17.4. The van der Waals surface area contributed by atoms with Gasteiger partial charge in [0.15, 0.2) is 11.0 Å². The average Bonchev–Trinajstić information content (AvgIpc) is 3.58. The molecule has 0 atom stereocenters. The number of aromatic nitrogens is 3. The van der Waals surface area contributed by atoms with Crippen molar-refractivity contribution in [3.8, 4) is 10.7 Å². The Morgan fingerprint density at radius 2 is 1.91 bits per heavy atom. The molecule has 8 nitrogen and oxygen atoms in total. The van der Waals surface area contributed by atoms with Crippen LogP contribution in [0.5, 0.6) is 0 Å². The summed E-state index contributed by atoms with van der Waals surface area (Å²) in [6.07, 6.45) is 1.76. The molecule has 0 radical (unpaired) electrons. The molecule has 2 N–H and O–H groups in total. The Morgan fingerprint density at radius 3 is 2.61 bits per heavy atom. The monoisotopic (exact) mass is 481 g/mol. The molecule has 0 aliphatic rings. The van der Waals surface area contributed by atoms with Crippen LogP contribution in [-0.2, 0) is 29.2 Å². The van der Waals surface area contributed by atoms with Crippen LogP contribution in [0.2, 0.25) is 0 Å². The van der Waals surface area contributed by atoms with Crippen molar-refractivity contribution in [3.63, 3.8) is 0 Å². The molecule has 0 saturated carbocycles. The zero-order chi connectivity index (χ0) is 23.0. The lowest BCUT2D eigenvalue weighted by atomic mass is 10.2. The van der Waals surface area contributed by atoms with Gasteiger partial charge < -0.3 is 19.6 Å². The highest BCUT2D eigenvalue weighted by molar-refractivity contribution is 7.99. The van der Waals surface area contributed by atoms with E-state index in [1.165, 1.54) is 23.1 Å². The van der Waals surface area contributed by atoms with Crippen molar-refractivity contribution in [3.05, 3.63) is 77.6 Å². The predicted octanol–water partition coefficient (Wildman–Crippen LogP) is 3.80. The Kier molecular flexibility index (Phi) is 7.59. The van der Waals surface area contributed by atoms with E-state index in [0.717, 1.165) is 10.4 Å². The fraction of sp³-hybridized carbons (Fsp3) is 0.217. The van der Waals surface area contributed by atoms with Crippen LogP contribution in [0.1, 0.15) is 17.7 Å². The van der Waals surface area contributed by atoms with Gasteiger partial charge in [0.25, 0.3) is 0 Å². The van der Waals surface area contributed by atoms with Crippen LogP contribution in [0.3, 0.4) is 0 Å². The Morgan fingerprint density at radius 1 is 1.06 bits per heavy atom. The number of nitrogens with zero attached hydrogens (tertiary/aromatic N) is 4. The quantitative estimate of drug-likeness (QED) is 0.327. The number of rotatable bonds is 11. The molecule has 1 aromatic carbocycles. The molecule has 33 heavy (non-hydrogen) atoms. The summed E-state index contributed by atoms with van der Waals surface area (Å²) in [5.41, 5.74) is 6.39. The molecule has 0 unspecified atom stereocenters. The minimum Gasteiger partial charge on any atom is -0.467 e. The highest BCUT2D eigenvalue weighted by Crippen LogP contribution is 2.28. The lowest BCUT2D eigenvalue weighted by Crippen LogP contribution is -2.31. The predicted molar refractivity (Wildman–Crippen MR) is 127 cm³/mol. The van der Waals surface area contributed by atoms with Crippen LogP contribution < -0.4 is 5.73 Å². The number of thioether (sulfide) groups is 1. The van der Waals surface area contributed by atoms with Gasteiger partial charge in [-0.3, -0.25) is 9.59 Å². The second-order valence-electron chi connectivity index (χ2n) is 7.25. The number of hydrogen-bond donors (Lipinski definition) is 1. The standard InChI is InChI=1S/C23H23N5O3S2/c24-20(29)10-11-28-22(19-9-5-13-32-19)25-26-23(28)33-16-21(30)27(15-18-8-4-12-31-18)14-17-6-2-1-3-7-17/h1-9,12-13H,10-11,14-16H2,(H2,24,29). The maximum absolute atomic E-state index is 13.2. The van der Waals surface area contributed by atoms with Crippen LogP contribution in [0.25, 0.3) is 10.7 Å². The summed E-state index contributed by atoms with van der Waals surface area (Å²) >= 11 is 2.83. The zero-order valence-corrected chi connectivity index (χ0v) is 19.4. The highest BCUT2D eigenvalue weighted by Gasteiger charge is 2.20. The molecule has 10 heteroatoms. The van der Waals surface area contributed by atoms with Gasteiger partial charge in [0.05, 0.1) is 23.4 Å². The normalized spacial score (nSPS) is 10.9. The largest absolute Gasteiger partial charge is 0.467 e.